The minimum atomic E-state index is 0. The number of hydrazine groups is 1. The summed E-state index contributed by atoms with van der Waals surface area (Å²) in [6.45, 7) is 4.24. The largest absolute Gasteiger partial charge is 0.662 e. The molecule has 2 heterocycles. The van der Waals surface area contributed by atoms with E-state index < -0.39 is 0 Å². The maximum Gasteiger partial charge on any atom is 0.0143 e. The summed E-state index contributed by atoms with van der Waals surface area (Å²) in [5.74, 6) is 7.19. The predicted octanol–water partition coefficient (Wildman–Crippen LogP) is -0.207. The Morgan fingerprint density at radius 2 is 1.70 bits per heavy atom. The normalized spacial score (nSPS) is 39.3. The third-order valence-corrected chi connectivity index (χ3v) is 2.33. The molecule has 2 rings (SSSR count). The van der Waals surface area contributed by atoms with E-state index in [1.165, 1.54) is 0 Å². The zero-order chi connectivity index (χ0) is 6.27. The van der Waals surface area contributed by atoms with Gasteiger partial charge in [-0.05, 0) is 11.8 Å². The van der Waals surface area contributed by atoms with Gasteiger partial charge in [-0.2, -0.15) is 0 Å². The van der Waals surface area contributed by atoms with Crippen LogP contribution in [0, 0.1) is 11.8 Å². The Labute approximate surface area is 86.6 Å². The minimum absolute atomic E-state index is 0. The Morgan fingerprint density at radius 1 is 1.20 bits per heavy atom. The van der Waals surface area contributed by atoms with Crippen LogP contribution in [0.15, 0.2) is 0 Å². The number of nitrogens with two attached hydrogens (primary N) is 1. The summed E-state index contributed by atoms with van der Waals surface area (Å²) >= 11 is 0. The van der Waals surface area contributed by atoms with Crippen molar-refractivity contribution >= 4 is 0 Å². The fraction of sp³-hybridized carbons (Fsp3) is 1.00. The van der Waals surface area contributed by atoms with Crippen LogP contribution in [0.5, 0.6) is 0 Å². The van der Waals surface area contributed by atoms with Crippen LogP contribution >= 0.6 is 0 Å². The van der Waals surface area contributed by atoms with E-state index in [9.17, 15) is 0 Å². The van der Waals surface area contributed by atoms with E-state index >= 15 is 0 Å². The third-order valence-electron chi connectivity index (χ3n) is 2.33. The fourth-order valence-corrected chi connectivity index (χ4v) is 1.79. The van der Waals surface area contributed by atoms with Gasteiger partial charge in [0.25, 0.3) is 0 Å². The monoisotopic (exact) mass is 215 g/mol. The molecule has 4 heteroatoms. The summed E-state index contributed by atoms with van der Waals surface area (Å²) < 4.78 is 0. The van der Waals surface area contributed by atoms with E-state index in [1.54, 1.807) is 0 Å². The molecule has 10 heavy (non-hydrogen) atoms. The van der Waals surface area contributed by atoms with Gasteiger partial charge in [-0.25, -0.2) is 5.01 Å². The molecule has 0 aromatic heterocycles. The van der Waals surface area contributed by atoms with Crippen molar-refractivity contribution in [1.82, 2.24) is 5.01 Å². The van der Waals surface area contributed by atoms with Gasteiger partial charge < -0.3 is 5.32 Å². The van der Waals surface area contributed by atoms with Gasteiger partial charge in [0.1, 0.15) is 0 Å². The first-order chi connectivity index (χ1) is 4.36. The van der Waals surface area contributed by atoms with Crippen LogP contribution in [0.1, 0.15) is 0 Å². The first kappa shape index (κ1) is 9.07. The molecule has 3 nitrogen and oxygen atoms in total. The van der Waals surface area contributed by atoms with Crippen molar-refractivity contribution in [2.24, 2.45) is 17.7 Å². The van der Waals surface area contributed by atoms with E-state index in [1.807, 2.05) is 5.01 Å². The summed E-state index contributed by atoms with van der Waals surface area (Å²) in [4.78, 5) is 0. The summed E-state index contributed by atoms with van der Waals surface area (Å²) in [6, 6.07) is 0. The van der Waals surface area contributed by atoms with Crippen molar-refractivity contribution in [2.75, 3.05) is 26.2 Å². The number of hydrogen-bond donors (Lipinski definition) is 1. The predicted molar refractivity (Wildman–Crippen MR) is 35.8 cm³/mol. The van der Waals surface area contributed by atoms with E-state index in [2.05, 4.69) is 5.32 Å². The smallest absolute Gasteiger partial charge is 0.0143 e. The second-order valence-corrected chi connectivity index (χ2v) is 3.06. The van der Waals surface area contributed by atoms with Gasteiger partial charge in [-0.3, -0.25) is 5.84 Å². The van der Waals surface area contributed by atoms with Gasteiger partial charge in [0.2, 0.25) is 0 Å². The zero-order valence-corrected chi connectivity index (χ0v) is 8.87. The van der Waals surface area contributed by atoms with Crippen molar-refractivity contribution in [3.8, 4) is 0 Å². The summed E-state index contributed by atoms with van der Waals surface area (Å²) in [7, 11) is 0. The maximum atomic E-state index is 5.62. The summed E-state index contributed by atoms with van der Waals surface area (Å²) in [5.41, 5.74) is 0. The molecule has 0 bridgehead atoms. The van der Waals surface area contributed by atoms with Crippen molar-refractivity contribution in [1.29, 1.82) is 0 Å². The first-order valence-electron chi connectivity index (χ1n) is 3.49. The second-order valence-electron chi connectivity index (χ2n) is 3.06. The van der Waals surface area contributed by atoms with E-state index in [4.69, 9.17) is 5.84 Å². The first-order valence-corrected chi connectivity index (χ1v) is 3.49. The van der Waals surface area contributed by atoms with E-state index in [0.29, 0.717) is 0 Å². The minimum Gasteiger partial charge on any atom is -0.662 e. The number of rotatable bonds is 0. The molecule has 0 aromatic rings. The Kier molecular flexibility index (Phi) is 3.26. The van der Waals surface area contributed by atoms with Crippen LogP contribution in [0.3, 0.4) is 0 Å². The van der Waals surface area contributed by atoms with Crippen molar-refractivity contribution in [3.63, 3.8) is 0 Å². The molecule has 2 fully saturated rings. The molecule has 0 saturated carbocycles. The molecule has 0 spiro atoms. The molecule has 2 atom stereocenters. The fourth-order valence-electron chi connectivity index (χ4n) is 1.79. The standard InChI is InChI=1S/C6H12N3.Y/c7-9-3-5-1-8-2-6(5)4-9;/h5-6H,1-4,7H2;/q-1;. The molecule has 1 radical (unpaired) electrons. The molecule has 2 aliphatic rings. The van der Waals surface area contributed by atoms with Crippen molar-refractivity contribution < 1.29 is 32.7 Å². The molecule has 2 unspecified atom stereocenters. The Morgan fingerprint density at radius 3 is 2.20 bits per heavy atom. The van der Waals surface area contributed by atoms with Gasteiger partial charge in [-0.1, -0.05) is 0 Å². The molecule has 2 saturated heterocycles. The Balaban J connectivity index is 0.000000500. The number of nitrogens with zero attached hydrogens (tertiary/aromatic N) is 2. The molecule has 2 N–H and O–H groups in total. The van der Waals surface area contributed by atoms with Gasteiger partial charge in [-0.15, -0.1) is 13.1 Å². The molecule has 0 aliphatic carbocycles. The maximum absolute atomic E-state index is 5.62. The van der Waals surface area contributed by atoms with Gasteiger partial charge in [0.05, 0.1) is 0 Å². The average molecular weight is 215 g/mol. The topological polar surface area (TPSA) is 43.4 Å². The van der Waals surface area contributed by atoms with Crippen LogP contribution in [-0.2, 0) is 32.7 Å². The van der Waals surface area contributed by atoms with Crippen LogP contribution in [-0.4, -0.2) is 31.2 Å². The molecule has 0 amide bonds. The zero-order valence-electron chi connectivity index (χ0n) is 6.03. The van der Waals surface area contributed by atoms with Crippen LogP contribution in [0.25, 0.3) is 5.32 Å². The molecule has 0 aromatic carbocycles. The number of hydrogen-bond acceptors (Lipinski definition) is 2. The Bertz CT molecular complexity index is 108. The quantitative estimate of drug-likeness (QED) is 0.568. The average Bonchev–Trinajstić information content (AvgIpc) is 2.22. The summed E-state index contributed by atoms with van der Waals surface area (Å²) in [6.07, 6.45) is 0. The van der Waals surface area contributed by atoms with Gasteiger partial charge >= 0.3 is 0 Å². The van der Waals surface area contributed by atoms with Gasteiger partial charge in [0, 0.05) is 45.8 Å². The van der Waals surface area contributed by atoms with Crippen LogP contribution in [0.4, 0.5) is 0 Å². The summed E-state index contributed by atoms with van der Waals surface area (Å²) in [5, 5.41) is 6.24. The van der Waals surface area contributed by atoms with E-state index in [-0.39, 0.29) is 32.7 Å². The second kappa shape index (κ2) is 3.59. The molecule has 2 aliphatic heterocycles. The van der Waals surface area contributed by atoms with Gasteiger partial charge in [0.15, 0.2) is 0 Å². The molecular weight excluding hydrogens is 203 g/mol. The molecular formula is C6H12N3Y-. The van der Waals surface area contributed by atoms with Crippen LogP contribution in [0.2, 0.25) is 0 Å². The SMILES string of the molecule is NN1CC2C[N-]CC2C1.[Y]. The Hall–Kier alpha value is 0.984. The van der Waals surface area contributed by atoms with Crippen molar-refractivity contribution in [3.05, 3.63) is 5.32 Å². The van der Waals surface area contributed by atoms with Crippen molar-refractivity contribution in [2.45, 2.75) is 0 Å². The molecule has 55 valence electrons. The number of fused-ring (bicyclic) bond motifs is 1. The van der Waals surface area contributed by atoms with E-state index in [0.717, 1.165) is 38.0 Å². The van der Waals surface area contributed by atoms with Crippen LogP contribution < -0.4 is 5.84 Å². The third kappa shape index (κ3) is 1.59.